The molecule has 0 spiro atoms. The van der Waals surface area contributed by atoms with Crippen LogP contribution in [0.15, 0.2) is 48.7 Å². The summed E-state index contributed by atoms with van der Waals surface area (Å²) >= 11 is 0. The van der Waals surface area contributed by atoms with Gasteiger partial charge < -0.3 is 5.32 Å². The maximum atomic E-state index is 11.8. The lowest BCUT2D eigenvalue weighted by molar-refractivity contribution is -0.385. The van der Waals surface area contributed by atoms with Crippen molar-refractivity contribution >= 4 is 23.4 Å². The molecule has 2 aromatic rings. The molecule has 1 aromatic heterocycles. The Hall–Kier alpha value is -3.02. The minimum atomic E-state index is -0.477. The first kappa shape index (κ1) is 14.4. The Morgan fingerprint density at radius 1 is 1.33 bits per heavy atom. The summed E-state index contributed by atoms with van der Waals surface area (Å²) < 4.78 is 0. The zero-order valence-corrected chi connectivity index (χ0v) is 11.3. The first-order chi connectivity index (χ1) is 10.1. The summed E-state index contributed by atoms with van der Waals surface area (Å²) in [5.41, 5.74) is 1.55. The Balaban J connectivity index is 2.08. The summed E-state index contributed by atoms with van der Waals surface area (Å²) in [5, 5.41) is 13.4. The second-order valence-corrected chi connectivity index (χ2v) is 4.34. The van der Waals surface area contributed by atoms with Crippen LogP contribution >= 0.6 is 0 Å². The van der Waals surface area contributed by atoms with Crippen LogP contribution in [0.2, 0.25) is 0 Å². The summed E-state index contributed by atoms with van der Waals surface area (Å²) in [4.78, 5) is 26.2. The monoisotopic (exact) mass is 283 g/mol. The number of carbonyl (C=O) groups is 1. The fourth-order valence-corrected chi connectivity index (χ4v) is 1.70. The number of anilines is 1. The highest BCUT2D eigenvalue weighted by atomic mass is 16.6. The average molecular weight is 283 g/mol. The van der Waals surface area contributed by atoms with Crippen LogP contribution in [0.25, 0.3) is 6.08 Å². The molecule has 2 rings (SSSR count). The summed E-state index contributed by atoms with van der Waals surface area (Å²) in [6, 6.07) is 9.91. The van der Waals surface area contributed by atoms with Gasteiger partial charge in [0.15, 0.2) is 0 Å². The molecule has 6 heteroatoms. The van der Waals surface area contributed by atoms with Gasteiger partial charge in [-0.2, -0.15) is 0 Å². The Morgan fingerprint density at radius 2 is 2.14 bits per heavy atom. The van der Waals surface area contributed by atoms with Gasteiger partial charge in [0.05, 0.1) is 10.6 Å². The van der Waals surface area contributed by atoms with Crippen molar-refractivity contribution in [2.75, 3.05) is 5.32 Å². The molecular formula is C15H13N3O3. The van der Waals surface area contributed by atoms with Gasteiger partial charge in [0, 0.05) is 29.6 Å². The molecule has 0 radical (unpaired) electrons. The Morgan fingerprint density at radius 3 is 2.81 bits per heavy atom. The van der Waals surface area contributed by atoms with Crippen LogP contribution in [0.4, 0.5) is 11.4 Å². The topological polar surface area (TPSA) is 85.1 Å². The molecule has 1 amide bonds. The Kier molecular flexibility index (Phi) is 4.40. The Bertz CT molecular complexity index is 697. The van der Waals surface area contributed by atoms with Gasteiger partial charge in [-0.25, -0.2) is 0 Å². The molecular weight excluding hydrogens is 270 g/mol. The number of nitro benzene ring substituents is 1. The molecule has 1 heterocycles. The van der Waals surface area contributed by atoms with E-state index < -0.39 is 4.92 Å². The van der Waals surface area contributed by atoms with E-state index >= 15 is 0 Å². The van der Waals surface area contributed by atoms with Crippen molar-refractivity contribution in [3.8, 4) is 0 Å². The third kappa shape index (κ3) is 3.97. The third-order valence-corrected chi connectivity index (χ3v) is 2.77. The average Bonchev–Trinajstić information content (AvgIpc) is 2.48. The molecule has 106 valence electrons. The lowest BCUT2D eigenvalue weighted by atomic mass is 10.2. The summed E-state index contributed by atoms with van der Waals surface area (Å²) in [5.74, 6) is -0.376. The van der Waals surface area contributed by atoms with Gasteiger partial charge in [-0.05, 0) is 31.2 Å². The fraction of sp³-hybridized carbons (Fsp3) is 0.0667. The Labute approximate surface area is 121 Å². The van der Waals surface area contributed by atoms with Crippen molar-refractivity contribution in [2.24, 2.45) is 0 Å². The smallest absolute Gasteiger partial charge is 0.274 e. The van der Waals surface area contributed by atoms with Crippen molar-refractivity contribution in [1.29, 1.82) is 0 Å². The van der Waals surface area contributed by atoms with Gasteiger partial charge in [-0.1, -0.05) is 12.1 Å². The highest BCUT2D eigenvalue weighted by molar-refractivity contribution is 6.02. The number of nitrogens with zero attached hydrogens (tertiary/aromatic N) is 2. The molecule has 0 aliphatic carbocycles. The highest BCUT2D eigenvalue weighted by Crippen LogP contribution is 2.22. The molecule has 0 unspecified atom stereocenters. The predicted molar refractivity (Wildman–Crippen MR) is 79.7 cm³/mol. The molecule has 1 N–H and O–H groups in total. The number of nitrogens with one attached hydrogen (secondary N) is 1. The van der Waals surface area contributed by atoms with Crippen molar-refractivity contribution < 1.29 is 9.72 Å². The fourth-order valence-electron chi connectivity index (χ4n) is 1.70. The molecule has 0 saturated heterocycles. The van der Waals surface area contributed by atoms with E-state index in [1.54, 1.807) is 43.5 Å². The molecule has 0 saturated carbocycles. The second kappa shape index (κ2) is 6.42. The van der Waals surface area contributed by atoms with E-state index in [-0.39, 0.29) is 11.6 Å². The van der Waals surface area contributed by atoms with Crippen LogP contribution in [-0.2, 0) is 4.79 Å². The third-order valence-electron chi connectivity index (χ3n) is 2.77. The zero-order chi connectivity index (χ0) is 15.2. The van der Waals surface area contributed by atoms with Crippen LogP contribution in [0, 0.1) is 17.0 Å². The number of rotatable bonds is 4. The summed E-state index contributed by atoms with van der Waals surface area (Å²) in [6.07, 6.45) is 4.52. The van der Waals surface area contributed by atoms with E-state index in [2.05, 4.69) is 10.3 Å². The van der Waals surface area contributed by atoms with Crippen molar-refractivity contribution in [2.45, 2.75) is 6.92 Å². The summed E-state index contributed by atoms with van der Waals surface area (Å²) in [6.45, 7) is 1.64. The van der Waals surface area contributed by atoms with Gasteiger partial charge in [-0.15, -0.1) is 0 Å². The normalized spacial score (nSPS) is 10.5. The van der Waals surface area contributed by atoms with Crippen molar-refractivity contribution in [1.82, 2.24) is 4.98 Å². The molecule has 0 fully saturated rings. The molecule has 0 aliphatic rings. The minimum Gasteiger partial charge on any atom is -0.322 e. The van der Waals surface area contributed by atoms with Crippen molar-refractivity contribution in [3.63, 3.8) is 0 Å². The number of hydrogen-bond donors (Lipinski definition) is 1. The summed E-state index contributed by atoms with van der Waals surface area (Å²) in [7, 11) is 0. The molecule has 0 bridgehead atoms. The van der Waals surface area contributed by atoms with Crippen molar-refractivity contribution in [3.05, 3.63) is 70.0 Å². The standard InChI is InChI=1S/C15H13N3O3/c1-11-5-6-13(10-14(11)18(20)21)17-15(19)8-7-12-4-2-3-9-16-12/h2-10H,1H3,(H,17,19)/b8-7+. The number of amides is 1. The number of aromatic nitrogens is 1. The van der Waals surface area contributed by atoms with Gasteiger partial charge >= 0.3 is 0 Å². The van der Waals surface area contributed by atoms with Crippen LogP contribution in [0.1, 0.15) is 11.3 Å². The number of hydrogen-bond acceptors (Lipinski definition) is 4. The lowest BCUT2D eigenvalue weighted by Gasteiger charge is -2.03. The van der Waals surface area contributed by atoms with Gasteiger partial charge in [0.1, 0.15) is 0 Å². The number of carbonyl (C=O) groups excluding carboxylic acids is 1. The van der Waals surface area contributed by atoms with E-state index in [1.807, 2.05) is 6.07 Å². The number of benzene rings is 1. The molecule has 6 nitrogen and oxygen atoms in total. The molecule has 1 aromatic carbocycles. The maximum Gasteiger partial charge on any atom is 0.274 e. The minimum absolute atomic E-state index is 0.0264. The first-order valence-electron chi connectivity index (χ1n) is 6.21. The van der Waals surface area contributed by atoms with E-state index in [0.29, 0.717) is 16.9 Å². The largest absolute Gasteiger partial charge is 0.322 e. The highest BCUT2D eigenvalue weighted by Gasteiger charge is 2.11. The number of nitro groups is 1. The number of aryl methyl sites for hydroxylation is 1. The first-order valence-corrected chi connectivity index (χ1v) is 6.21. The van der Waals surface area contributed by atoms with Gasteiger partial charge in [0.25, 0.3) is 5.69 Å². The molecule has 0 atom stereocenters. The SMILES string of the molecule is Cc1ccc(NC(=O)/C=C/c2ccccn2)cc1[N+](=O)[O-]. The van der Waals surface area contributed by atoms with Crippen LogP contribution in [0.5, 0.6) is 0 Å². The van der Waals surface area contributed by atoms with E-state index in [1.165, 1.54) is 12.1 Å². The van der Waals surface area contributed by atoms with Gasteiger partial charge in [0.2, 0.25) is 5.91 Å². The van der Waals surface area contributed by atoms with E-state index in [0.717, 1.165) is 0 Å². The zero-order valence-electron chi connectivity index (χ0n) is 11.3. The second-order valence-electron chi connectivity index (χ2n) is 4.34. The molecule has 21 heavy (non-hydrogen) atoms. The van der Waals surface area contributed by atoms with E-state index in [4.69, 9.17) is 0 Å². The molecule has 0 aliphatic heterocycles. The van der Waals surface area contributed by atoms with Crippen LogP contribution < -0.4 is 5.32 Å². The maximum absolute atomic E-state index is 11.8. The van der Waals surface area contributed by atoms with Gasteiger partial charge in [-0.3, -0.25) is 19.9 Å². The van der Waals surface area contributed by atoms with Crippen LogP contribution in [-0.4, -0.2) is 15.8 Å². The predicted octanol–water partition coefficient (Wildman–Crippen LogP) is 2.95. The van der Waals surface area contributed by atoms with Crippen LogP contribution in [0.3, 0.4) is 0 Å². The van der Waals surface area contributed by atoms with E-state index in [9.17, 15) is 14.9 Å². The lowest BCUT2D eigenvalue weighted by Crippen LogP contribution is -2.08. The number of pyridine rings is 1. The quantitative estimate of drug-likeness (QED) is 0.531.